The molecule has 0 saturated carbocycles. The second kappa shape index (κ2) is 3.59. The van der Waals surface area contributed by atoms with Gasteiger partial charge in [-0.3, -0.25) is 4.68 Å². The second-order valence-electron chi connectivity index (χ2n) is 3.24. The summed E-state index contributed by atoms with van der Waals surface area (Å²) in [5, 5.41) is 6.15. The summed E-state index contributed by atoms with van der Waals surface area (Å²) in [6, 6.07) is 5.75. The number of nitrogens with zero attached hydrogens (tertiary/aromatic N) is 2. The molecule has 74 valence electrons. The Hall–Kier alpha value is -1.06. The second-order valence-corrected chi connectivity index (χ2v) is 3.65. The van der Waals surface area contributed by atoms with Crippen molar-refractivity contribution in [3.63, 3.8) is 0 Å². The van der Waals surface area contributed by atoms with Gasteiger partial charge in [0.2, 0.25) is 0 Å². The molecule has 0 amide bonds. The van der Waals surface area contributed by atoms with Crippen molar-refractivity contribution < 1.29 is 0 Å². The van der Waals surface area contributed by atoms with Gasteiger partial charge in [0.25, 0.3) is 0 Å². The largest absolute Gasteiger partial charge is 0.330 e. The maximum Gasteiger partial charge on any atom is 0.0941 e. The lowest BCUT2D eigenvalue weighted by molar-refractivity contribution is 0.716. The van der Waals surface area contributed by atoms with E-state index in [2.05, 4.69) is 5.10 Å². The molecule has 0 bridgehead atoms. The van der Waals surface area contributed by atoms with E-state index in [0.717, 1.165) is 28.0 Å². The molecular formula is C10H12ClN3. The van der Waals surface area contributed by atoms with Crippen LogP contribution in [0.3, 0.4) is 0 Å². The summed E-state index contributed by atoms with van der Waals surface area (Å²) in [5.41, 5.74) is 7.58. The minimum atomic E-state index is 0.611. The minimum absolute atomic E-state index is 0.611. The van der Waals surface area contributed by atoms with E-state index >= 15 is 0 Å². The van der Waals surface area contributed by atoms with Crippen molar-refractivity contribution in [3.8, 4) is 0 Å². The van der Waals surface area contributed by atoms with E-state index in [1.165, 1.54) is 0 Å². The Kier molecular flexibility index (Phi) is 2.44. The fourth-order valence-corrected chi connectivity index (χ4v) is 1.97. The van der Waals surface area contributed by atoms with Gasteiger partial charge in [0.15, 0.2) is 0 Å². The number of aromatic nitrogens is 2. The van der Waals surface area contributed by atoms with Gasteiger partial charge in [-0.05, 0) is 18.7 Å². The van der Waals surface area contributed by atoms with Gasteiger partial charge >= 0.3 is 0 Å². The maximum atomic E-state index is 6.12. The first kappa shape index (κ1) is 9.49. The van der Waals surface area contributed by atoms with Gasteiger partial charge in [0, 0.05) is 24.5 Å². The normalized spacial score (nSPS) is 11.1. The van der Waals surface area contributed by atoms with Crippen LogP contribution < -0.4 is 5.73 Å². The van der Waals surface area contributed by atoms with E-state index in [9.17, 15) is 0 Å². The van der Waals surface area contributed by atoms with Crippen LogP contribution in [0.4, 0.5) is 0 Å². The Bertz CT molecular complexity index is 462. The SMILES string of the molecule is Cn1nc2cccc(Cl)c2c1CCN. The summed E-state index contributed by atoms with van der Waals surface area (Å²) in [4.78, 5) is 0. The van der Waals surface area contributed by atoms with E-state index in [4.69, 9.17) is 17.3 Å². The van der Waals surface area contributed by atoms with Crippen LogP contribution in [0.1, 0.15) is 5.69 Å². The zero-order valence-corrected chi connectivity index (χ0v) is 8.75. The molecule has 2 N–H and O–H groups in total. The van der Waals surface area contributed by atoms with Crippen LogP contribution in [0.2, 0.25) is 5.02 Å². The lowest BCUT2D eigenvalue weighted by Crippen LogP contribution is -2.07. The first-order valence-electron chi connectivity index (χ1n) is 4.54. The van der Waals surface area contributed by atoms with Crippen molar-refractivity contribution in [1.29, 1.82) is 0 Å². The standard InChI is InChI=1S/C10H12ClN3/c1-14-9(5-6-12)10-7(11)3-2-4-8(10)13-14/h2-4H,5-6,12H2,1H3. The summed E-state index contributed by atoms with van der Waals surface area (Å²) < 4.78 is 1.85. The third kappa shape index (κ3) is 1.38. The molecule has 1 aromatic carbocycles. The first-order valence-corrected chi connectivity index (χ1v) is 4.92. The minimum Gasteiger partial charge on any atom is -0.330 e. The van der Waals surface area contributed by atoms with Crippen molar-refractivity contribution in [2.45, 2.75) is 6.42 Å². The number of rotatable bonds is 2. The maximum absolute atomic E-state index is 6.12. The lowest BCUT2D eigenvalue weighted by atomic mass is 10.1. The molecule has 1 heterocycles. The van der Waals surface area contributed by atoms with Crippen LogP contribution in [0.15, 0.2) is 18.2 Å². The zero-order valence-electron chi connectivity index (χ0n) is 8.00. The molecule has 4 heteroatoms. The van der Waals surface area contributed by atoms with Crippen molar-refractivity contribution in [3.05, 3.63) is 28.9 Å². The molecule has 0 radical (unpaired) electrons. The fraction of sp³-hybridized carbons (Fsp3) is 0.300. The number of aryl methyl sites for hydroxylation is 1. The molecule has 1 aromatic heterocycles. The zero-order chi connectivity index (χ0) is 10.1. The molecule has 0 aliphatic rings. The monoisotopic (exact) mass is 209 g/mol. The number of nitrogens with two attached hydrogens (primary N) is 1. The van der Waals surface area contributed by atoms with E-state index in [1.807, 2.05) is 29.9 Å². The molecule has 2 rings (SSSR count). The number of fused-ring (bicyclic) bond motifs is 1. The number of benzene rings is 1. The molecule has 0 aliphatic carbocycles. The highest BCUT2D eigenvalue weighted by atomic mass is 35.5. The molecular weight excluding hydrogens is 198 g/mol. The Balaban J connectivity index is 2.73. The van der Waals surface area contributed by atoms with Crippen LogP contribution in [-0.2, 0) is 13.5 Å². The third-order valence-electron chi connectivity index (χ3n) is 2.31. The average molecular weight is 210 g/mol. The highest BCUT2D eigenvalue weighted by Crippen LogP contribution is 2.26. The highest BCUT2D eigenvalue weighted by molar-refractivity contribution is 6.35. The Morgan fingerprint density at radius 3 is 3.00 bits per heavy atom. The van der Waals surface area contributed by atoms with Crippen molar-refractivity contribution >= 4 is 22.5 Å². The number of hydrogen-bond acceptors (Lipinski definition) is 2. The molecule has 0 saturated heterocycles. The van der Waals surface area contributed by atoms with Gasteiger partial charge in [0.1, 0.15) is 0 Å². The Labute approximate surface area is 87.5 Å². The van der Waals surface area contributed by atoms with Crippen molar-refractivity contribution in [1.82, 2.24) is 9.78 Å². The molecule has 0 fully saturated rings. The predicted molar refractivity (Wildman–Crippen MR) is 58.5 cm³/mol. The van der Waals surface area contributed by atoms with Gasteiger partial charge in [-0.15, -0.1) is 0 Å². The molecule has 0 aliphatic heterocycles. The number of halogens is 1. The quantitative estimate of drug-likeness (QED) is 0.819. The summed E-state index contributed by atoms with van der Waals surface area (Å²) in [6.07, 6.45) is 0.802. The van der Waals surface area contributed by atoms with E-state index < -0.39 is 0 Å². The summed E-state index contributed by atoms with van der Waals surface area (Å²) in [5.74, 6) is 0. The summed E-state index contributed by atoms with van der Waals surface area (Å²) in [6.45, 7) is 0.611. The summed E-state index contributed by atoms with van der Waals surface area (Å²) in [7, 11) is 1.92. The molecule has 2 aromatic rings. The molecule has 0 spiro atoms. The van der Waals surface area contributed by atoms with Gasteiger partial charge in [0.05, 0.1) is 10.5 Å². The summed E-state index contributed by atoms with van der Waals surface area (Å²) >= 11 is 6.12. The van der Waals surface area contributed by atoms with Crippen molar-refractivity contribution in [2.24, 2.45) is 12.8 Å². The predicted octanol–water partition coefficient (Wildman–Crippen LogP) is 1.73. The molecule has 0 atom stereocenters. The highest BCUT2D eigenvalue weighted by Gasteiger charge is 2.10. The number of hydrogen-bond donors (Lipinski definition) is 1. The lowest BCUT2D eigenvalue weighted by Gasteiger charge is -2.00. The van der Waals surface area contributed by atoms with Gasteiger partial charge < -0.3 is 5.73 Å². The van der Waals surface area contributed by atoms with E-state index in [0.29, 0.717) is 6.54 Å². The van der Waals surface area contributed by atoms with Gasteiger partial charge in [-0.25, -0.2) is 0 Å². The van der Waals surface area contributed by atoms with Gasteiger partial charge in [-0.2, -0.15) is 5.10 Å². The van der Waals surface area contributed by atoms with Crippen LogP contribution in [0.25, 0.3) is 10.9 Å². The Morgan fingerprint density at radius 1 is 1.50 bits per heavy atom. The van der Waals surface area contributed by atoms with Crippen molar-refractivity contribution in [2.75, 3.05) is 6.54 Å². The van der Waals surface area contributed by atoms with Crippen LogP contribution >= 0.6 is 11.6 Å². The molecule has 0 unspecified atom stereocenters. The van der Waals surface area contributed by atoms with Gasteiger partial charge in [-0.1, -0.05) is 17.7 Å². The van der Waals surface area contributed by atoms with E-state index in [1.54, 1.807) is 0 Å². The molecule has 14 heavy (non-hydrogen) atoms. The van der Waals surface area contributed by atoms with Crippen LogP contribution in [0, 0.1) is 0 Å². The van der Waals surface area contributed by atoms with Crippen LogP contribution in [-0.4, -0.2) is 16.3 Å². The smallest absolute Gasteiger partial charge is 0.0941 e. The van der Waals surface area contributed by atoms with E-state index in [-0.39, 0.29) is 0 Å². The Morgan fingerprint density at radius 2 is 2.29 bits per heavy atom. The average Bonchev–Trinajstić information content (AvgIpc) is 2.45. The molecule has 3 nitrogen and oxygen atoms in total. The van der Waals surface area contributed by atoms with Crippen LogP contribution in [0.5, 0.6) is 0 Å². The fourth-order valence-electron chi connectivity index (χ4n) is 1.69. The topological polar surface area (TPSA) is 43.8 Å². The third-order valence-corrected chi connectivity index (χ3v) is 2.62. The first-order chi connectivity index (χ1) is 6.74.